The predicted octanol–water partition coefficient (Wildman–Crippen LogP) is 6.16. The molecule has 6 heteroatoms. The van der Waals surface area contributed by atoms with Gasteiger partial charge in [0.2, 0.25) is 11.9 Å². The molecular formula is C26H25N5O. The molecule has 5 rings (SSSR count). The molecule has 2 unspecified atom stereocenters. The molecule has 4 aromatic rings. The Balaban J connectivity index is 1.58. The van der Waals surface area contributed by atoms with Crippen molar-refractivity contribution in [3.8, 4) is 5.88 Å². The number of para-hydroxylation sites is 1. The van der Waals surface area contributed by atoms with Crippen molar-refractivity contribution in [2.24, 2.45) is 0 Å². The van der Waals surface area contributed by atoms with Crippen LogP contribution in [0.5, 0.6) is 5.88 Å². The van der Waals surface area contributed by atoms with E-state index in [0.29, 0.717) is 18.3 Å². The predicted molar refractivity (Wildman–Crippen MR) is 126 cm³/mol. The topological polar surface area (TPSA) is 56.3 Å². The first kappa shape index (κ1) is 20.1. The summed E-state index contributed by atoms with van der Waals surface area (Å²) < 4.78 is 8.20. The molecule has 2 aromatic heterocycles. The Morgan fingerprint density at radius 1 is 1.00 bits per heavy atom. The van der Waals surface area contributed by atoms with Crippen LogP contribution in [0.15, 0.2) is 72.9 Å². The number of benzene rings is 2. The molecule has 0 amide bonds. The highest BCUT2D eigenvalue weighted by atomic mass is 16.5. The summed E-state index contributed by atoms with van der Waals surface area (Å²) >= 11 is 0. The largest absolute Gasteiger partial charge is 0.472 e. The van der Waals surface area contributed by atoms with E-state index in [-0.39, 0.29) is 12.1 Å². The minimum absolute atomic E-state index is 0.0550. The summed E-state index contributed by atoms with van der Waals surface area (Å²) in [4.78, 5) is 8.47. The van der Waals surface area contributed by atoms with Crippen molar-refractivity contribution in [3.63, 3.8) is 0 Å². The van der Waals surface area contributed by atoms with Crippen molar-refractivity contribution in [3.05, 3.63) is 89.9 Å². The van der Waals surface area contributed by atoms with Gasteiger partial charge in [0.05, 0.1) is 5.52 Å². The van der Waals surface area contributed by atoms with Crippen LogP contribution in [0.3, 0.4) is 0 Å². The number of fused-ring (bicyclic) bond motifs is 1. The van der Waals surface area contributed by atoms with Gasteiger partial charge in [-0.05, 0) is 36.6 Å². The number of nitrogens with one attached hydrogen (secondary N) is 1. The van der Waals surface area contributed by atoms with Crippen LogP contribution >= 0.6 is 0 Å². The molecule has 2 aromatic carbocycles. The first-order valence-electron chi connectivity index (χ1n) is 11.1. The number of rotatable bonds is 6. The Kier molecular flexibility index (Phi) is 5.71. The van der Waals surface area contributed by atoms with Gasteiger partial charge in [-0.25, -0.2) is 11.6 Å². The molecule has 2 atom stereocenters. The molecule has 0 radical (unpaired) electrons. The molecule has 6 nitrogen and oxygen atoms in total. The maximum absolute atomic E-state index is 7.71. The van der Waals surface area contributed by atoms with Crippen molar-refractivity contribution in [1.82, 2.24) is 14.8 Å². The SMILES string of the molecule is [C-]#[N+]C1CCCCC1n1nc(Nc2ccccc2)c2c(OCc3ccccc3)nccc21. The number of ether oxygens (including phenoxy) is 1. The van der Waals surface area contributed by atoms with Crippen LogP contribution in [0.4, 0.5) is 11.5 Å². The lowest BCUT2D eigenvalue weighted by Crippen LogP contribution is -2.26. The van der Waals surface area contributed by atoms with E-state index >= 15 is 0 Å². The lowest BCUT2D eigenvalue weighted by Gasteiger charge is -2.24. The third-order valence-corrected chi connectivity index (χ3v) is 6.01. The summed E-state index contributed by atoms with van der Waals surface area (Å²) in [5, 5.41) is 9.26. The maximum atomic E-state index is 7.71. The second kappa shape index (κ2) is 9.11. The average Bonchev–Trinajstić information content (AvgIpc) is 3.22. The van der Waals surface area contributed by atoms with Crippen LogP contribution < -0.4 is 10.1 Å². The second-order valence-electron chi connectivity index (χ2n) is 8.12. The Hall–Kier alpha value is -3.85. The summed E-state index contributed by atoms with van der Waals surface area (Å²) in [7, 11) is 0. The highest BCUT2D eigenvalue weighted by molar-refractivity contribution is 5.96. The first-order chi connectivity index (χ1) is 15.8. The van der Waals surface area contributed by atoms with Crippen LogP contribution in [-0.2, 0) is 6.61 Å². The van der Waals surface area contributed by atoms with Gasteiger partial charge in [0.15, 0.2) is 5.82 Å². The fourth-order valence-electron chi connectivity index (χ4n) is 4.42. The molecule has 160 valence electrons. The maximum Gasteiger partial charge on any atom is 0.245 e. The smallest absolute Gasteiger partial charge is 0.245 e. The molecule has 1 aliphatic rings. The van der Waals surface area contributed by atoms with E-state index in [1.807, 2.05) is 71.4 Å². The molecule has 0 spiro atoms. The molecule has 0 aliphatic heterocycles. The van der Waals surface area contributed by atoms with Gasteiger partial charge in [-0.15, -0.1) is 0 Å². The Labute approximate surface area is 187 Å². The molecule has 1 saturated carbocycles. The van der Waals surface area contributed by atoms with Crippen molar-refractivity contribution >= 4 is 22.4 Å². The quantitative estimate of drug-likeness (QED) is 0.378. The first-order valence-corrected chi connectivity index (χ1v) is 11.1. The van der Waals surface area contributed by atoms with Crippen LogP contribution in [-0.4, -0.2) is 20.8 Å². The van der Waals surface area contributed by atoms with Crippen LogP contribution in [0.2, 0.25) is 0 Å². The minimum atomic E-state index is -0.0572. The van der Waals surface area contributed by atoms with Gasteiger partial charge in [0.1, 0.15) is 18.0 Å². The lowest BCUT2D eigenvalue weighted by atomic mass is 9.91. The average molecular weight is 424 g/mol. The number of hydrogen-bond donors (Lipinski definition) is 1. The third kappa shape index (κ3) is 4.02. The summed E-state index contributed by atoms with van der Waals surface area (Å²) in [6, 6.07) is 22.0. The number of hydrogen-bond acceptors (Lipinski definition) is 4. The molecule has 32 heavy (non-hydrogen) atoms. The van der Waals surface area contributed by atoms with Crippen molar-refractivity contribution in [1.29, 1.82) is 0 Å². The fraction of sp³-hybridized carbons (Fsp3) is 0.269. The number of aromatic nitrogens is 3. The molecule has 1 fully saturated rings. The van der Waals surface area contributed by atoms with Crippen molar-refractivity contribution < 1.29 is 4.74 Å². The third-order valence-electron chi connectivity index (χ3n) is 6.01. The monoisotopic (exact) mass is 423 g/mol. The van der Waals surface area contributed by atoms with E-state index in [9.17, 15) is 0 Å². The van der Waals surface area contributed by atoms with Crippen molar-refractivity contribution in [2.75, 3.05) is 5.32 Å². The van der Waals surface area contributed by atoms with E-state index in [1.54, 1.807) is 6.20 Å². The van der Waals surface area contributed by atoms with Crippen molar-refractivity contribution in [2.45, 2.75) is 44.4 Å². The van der Waals surface area contributed by atoms with Gasteiger partial charge in [0.25, 0.3) is 0 Å². The Morgan fingerprint density at radius 2 is 1.75 bits per heavy atom. The van der Waals surface area contributed by atoms with Crippen LogP contribution in [0.25, 0.3) is 15.7 Å². The van der Waals surface area contributed by atoms with Gasteiger partial charge in [-0.3, -0.25) is 4.68 Å². The van der Waals surface area contributed by atoms with Gasteiger partial charge < -0.3 is 14.9 Å². The van der Waals surface area contributed by atoms with Gasteiger partial charge in [-0.2, -0.15) is 5.10 Å². The number of pyridine rings is 1. The standard InChI is InChI=1S/C26H25N5O/c1-27-21-14-8-9-15-22(21)31-23-16-17-28-26(32-18-19-10-4-2-5-11-19)24(23)25(30-31)29-20-12-6-3-7-13-20/h2-7,10-13,16-17,21-22H,8-9,14-15,18H2,(H,29,30). The van der Waals surface area contributed by atoms with Gasteiger partial charge in [0, 0.05) is 18.3 Å². The van der Waals surface area contributed by atoms with Gasteiger partial charge >= 0.3 is 0 Å². The van der Waals surface area contributed by atoms with E-state index in [2.05, 4.69) is 15.1 Å². The molecule has 2 heterocycles. The Morgan fingerprint density at radius 3 is 2.53 bits per heavy atom. The summed E-state index contributed by atoms with van der Waals surface area (Å²) in [5.74, 6) is 1.25. The second-order valence-corrected chi connectivity index (χ2v) is 8.12. The zero-order chi connectivity index (χ0) is 21.8. The molecule has 0 saturated heterocycles. The molecular weight excluding hydrogens is 398 g/mol. The van der Waals surface area contributed by atoms with E-state index in [1.165, 1.54) is 0 Å². The molecule has 1 N–H and O–H groups in total. The molecule has 1 aliphatic carbocycles. The summed E-state index contributed by atoms with van der Waals surface area (Å²) in [6.07, 6.45) is 5.85. The van der Waals surface area contributed by atoms with Crippen LogP contribution in [0.1, 0.15) is 37.3 Å². The summed E-state index contributed by atoms with van der Waals surface area (Å²) in [5.41, 5.74) is 2.97. The highest BCUT2D eigenvalue weighted by Crippen LogP contribution is 2.38. The van der Waals surface area contributed by atoms with Gasteiger partial charge in [-0.1, -0.05) is 55.0 Å². The summed E-state index contributed by atoms with van der Waals surface area (Å²) in [6.45, 7) is 8.13. The number of anilines is 2. The molecule has 0 bridgehead atoms. The fourth-order valence-corrected chi connectivity index (χ4v) is 4.42. The number of nitrogens with zero attached hydrogens (tertiary/aromatic N) is 4. The lowest BCUT2D eigenvalue weighted by molar-refractivity contribution is 0.298. The zero-order valence-corrected chi connectivity index (χ0v) is 17.8. The Bertz CT molecular complexity index is 1230. The van der Waals surface area contributed by atoms with Crippen LogP contribution in [0, 0.1) is 6.57 Å². The normalized spacial score (nSPS) is 18.2. The van der Waals surface area contributed by atoms with E-state index in [4.69, 9.17) is 16.4 Å². The minimum Gasteiger partial charge on any atom is -0.472 e. The highest BCUT2D eigenvalue weighted by Gasteiger charge is 2.34. The van der Waals surface area contributed by atoms with E-state index in [0.717, 1.165) is 47.8 Å². The zero-order valence-electron chi connectivity index (χ0n) is 17.8. The van der Waals surface area contributed by atoms with E-state index < -0.39 is 0 Å².